The fraction of sp³-hybridized carbons (Fsp3) is 0.0714. The number of aryl methyl sites for hydroxylation is 1. The summed E-state index contributed by atoms with van der Waals surface area (Å²) in [5, 5.41) is 18.6. The van der Waals surface area contributed by atoms with Gasteiger partial charge < -0.3 is 10.2 Å². The predicted octanol–water partition coefficient (Wildman–Crippen LogP) is 2.20. The van der Waals surface area contributed by atoms with Gasteiger partial charge in [0.2, 0.25) is 0 Å². The molecule has 0 heterocycles. The van der Waals surface area contributed by atoms with Gasteiger partial charge in [-0.15, -0.1) is 0 Å². The van der Waals surface area contributed by atoms with Crippen molar-refractivity contribution in [3.63, 3.8) is 0 Å². The molecule has 21 heavy (non-hydrogen) atoms. The van der Waals surface area contributed by atoms with Crippen LogP contribution in [-0.2, 0) is 10.0 Å². The molecule has 7 heteroatoms. The lowest BCUT2D eigenvalue weighted by Crippen LogP contribution is -2.15. The molecule has 2 aromatic carbocycles. The molecule has 2 rings (SSSR count). The number of phenols is 1. The van der Waals surface area contributed by atoms with E-state index in [4.69, 9.17) is 5.11 Å². The second kappa shape index (κ2) is 5.45. The van der Waals surface area contributed by atoms with E-state index < -0.39 is 16.0 Å². The van der Waals surface area contributed by atoms with Gasteiger partial charge in [-0.25, -0.2) is 13.2 Å². The molecule has 0 bridgehead atoms. The fourth-order valence-electron chi connectivity index (χ4n) is 1.78. The second-order valence-corrected chi connectivity index (χ2v) is 6.06. The molecular formula is C14H13NO5S. The lowest BCUT2D eigenvalue weighted by Gasteiger charge is -2.12. The van der Waals surface area contributed by atoms with Crippen molar-refractivity contribution >= 4 is 21.7 Å². The van der Waals surface area contributed by atoms with Crippen molar-refractivity contribution in [2.24, 2.45) is 0 Å². The molecule has 0 aromatic heterocycles. The molecular weight excluding hydrogens is 294 g/mol. The third kappa shape index (κ3) is 3.14. The minimum atomic E-state index is -4.00. The number of sulfonamides is 1. The highest BCUT2D eigenvalue weighted by molar-refractivity contribution is 7.92. The maximum absolute atomic E-state index is 12.3. The summed E-state index contributed by atoms with van der Waals surface area (Å²) in [4.78, 5) is 10.8. The van der Waals surface area contributed by atoms with Gasteiger partial charge in [0.25, 0.3) is 10.0 Å². The molecule has 0 saturated heterocycles. The molecule has 0 aliphatic carbocycles. The van der Waals surface area contributed by atoms with Crippen LogP contribution in [0.2, 0.25) is 0 Å². The zero-order valence-corrected chi connectivity index (χ0v) is 11.9. The average Bonchev–Trinajstić information content (AvgIpc) is 2.41. The first-order valence-electron chi connectivity index (χ1n) is 5.96. The Labute approximate surface area is 121 Å². The minimum absolute atomic E-state index is 0.0256. The van der Waals surface area contributed by atoms with Crippen LogP contribution in [0.4, 0.5) is 5.69 Å². The molecule has 3 N–H and O–H groups in total. The predicted molar refractivity (Wildman–Crippen MR) is 77.1 cm³/mol. The van der Waals surface area contributed by atoms with Gasteiger partial charge in [-0.3, -0.25) is 4.72 Å². The average molecular weight is 307 g/mol. The Bertz CT molecular complexity index is 799. The number of rotatable bonds is 4. The Kier molecular flexibility index (Phi) is 3.86. The Morgan fingerprint density at radius 3 is 2.43 bits per heavy atom. The van der Waals surface area contributed by atoms with Crippen molar-refractivity contribution in [3.8, 4) is 5.75 Å². The standard InChI is InChI=1S/C14H13NO5S/c1-9-6-7-10(14(17)18)8-13(9)21(19,20)15-11-4-2-3-5-12(11)16/h2-8,15-16H,1H3,(H,17,18). The normalized spacial score (nSPS) is 11.1. The van der Waals surface area contributed by atoms with Crippen molar-refractivity contribution in [1.29, 1.82) is 0 Å². The van der Waals surface area contributed by atoms with Crippen molar-refractivity contribution < 1.29 is 23.4 Å². The highest BCUT2D eigenvalue weighted by Crippen LogP contribution is 2.26. The molecule has 0 fully saturated rings. The third-order valence-electron chi connectivity index (χ3n) is 2.87. The molecule has 0 radical (unpaired) electrons. The number of hydrogen-bond acceptors (Lipinski definition) is 4. The van der Waals surface area contributed by atoms with E-state index in [1.54, 1.807) is 19.1 Å². The van der Waals surface area contributed by atoms with E-state index in [1.165, 1.54) is 24.3 Å². The zero-order chi connectivity index (χ0) is 15.6. The van der Waals surface area contributed by atoms with Crippen LogP contribution in [-0.4, -0.2) is 24.6 Å². The molecule has 0 saturated carbocycles. The van der Waals surface area contributed by atoms with Gasteiger partial charge in [-0.2, -0.15) is 0 Å². The maximum atomic E-state index is 12.3. The quantitative estimate of drug-likeness (QED) is 0.751. The maximum Gasteiger partial charge on any atom is 0.335 e. The smallest absolute Gasteiger partial charge is 0.335 e. The highest BCUT2D eigenvalue weighted by atomic mass is 32.2. The number of carboxylic acid groups (broad SMARTS) is 1. The van der Waals surface area contributed by atoms with Crippen LogP contribution >= 0.6 is 0 Å². The topological polar surface area (TPSA) is 104 Å². The zero-order valence-electron chi connectivity index (χ0n) is 11.1. The van der Waals surface area contributed by atoms with Gasteiger partial charge in [0, 0.05) is 0 Å². The summed E-state index contributed by atoms with van der Waals surface area (Å²) in [6, 6.07) is 9.71. The number of para-hydroxylation sites is 2. The number of aromatic hydroxyl groups is 1. The van der Waals surface area contributed by atoms with Crippen LogP contribution in [0.25, 0.3) is 0 Å². The van der Waals surface area contributed by atoms with Crippen molar-refractivity contribution in [3.05, 3.63) is 53.6 Å². The number of carbonyl (C=O) groups is 1. The van der Waals surface area contributed by atoms with Gasteiger partial charge in [0.05, 0.1) is 16.1 Å². The first-order chi connectivity index (χ1) is 9.81. The van der Waals surface area contributed by atoms with Gasteiger partial charge in [-0.05, 0) is 36.8 Å². The van der Waals surface area contributed by atoms with Crippen molar-refractivity contribution in [2.75, 3.05) is 4.72 Å². The first kappa shape index (κ1) is 14.9. The molecule has 0 aliphatic heterocycles. The fourth-order valence-corrected chi connectivity index (χ4v) is 3.13. The summed E-state index contributed by atoms with van der Waals surface area (Å²) in [6.45, 7) is 1.56. The van der Waals surface area contributed by atoms with Gasteiger partial charge in [-0.1, -0.05) is 18.2 Å². The molecule has 0 spiro atoms. The summed E-state index contributed by atoms with van der Waals surface area (Å²) in [6.07, 6.45) is 0. The van der Waals surface area contributed by atoms with E-state index in [2.05, 4.69) is 4.72 Å². The summed E-state index contributed by atoms with van der Waals surface area (Å²) in [5.74, 6) is -1.43. The number of hydrogen-bond donors (Lipinski definition) is 3. The van der Waals surface area contributed by atoms with Gasteiger partial charge in [0.15, 0.2) is 0 Å². The van der Waals surface area contributed by atoms with Crippen LogP contribution in [0.1, 0.15) is 15.9 Å². The van der Waals surface area contributed by atoms with E-state index in [1.807, 2.05) is 0 Å². The Morgan fingerprint density at radius 1 is 1.14 bits per heavy atom. The Balaban J connectivity index is 2.47. The number of phenolic OH excluding ortho intramolecular Hbond substituents is 1. The summed E-state index contributed by atoms with van der Waals surface area (Å²) >= 11 is 0. The molecule has 6 nitrogen and oxygen atoms in total. The largest absolute Gasteiger partial charge is 0.506 e. The van der Waals surface area contributed by atoms with Crippen LogP contribution in [0, 0.1) is 6.92 Å². The highest BCUT2D eigenvalue weighted by Gasteiger charge is 2.20. The number of benzene rings is 2. The molecule has 0 aliphatic rings. The number of aromatic carboxylic acids is 1. The van der Waals surface area contributed by atoms with Crippen LogP contribution < -0.4 is 4.72 Å². The van der Waals surface area contributed by atoms with Crippen LogP contribution in [0.5, 0.6) is 5.75 Å². The molecule has 0 unspecified atom stereocenters. The molecule has 110 valence electrons. The molecule has 2 aromatic rings. The van der Waals surface area contributed by atoms with Crippen molar-refractivity contribution in [1.82, 2.24) is 0 Å². The monoisotopic (exact) mass is 307 g/mol. The van der Waals surface area contributed by atoms with E-state index in [-0.39, 0.29) is 21.9 Å². The molecule has 0 amide bonds. The van der Waals surface area contributed by atoms with E-state index in [9.17, 15) is 18.3 Å². The number of carboxylic acids is 1. The summed E-state index contributed by atoms with van der Waals surface area (Å²) in [5.41, 5.74) is 0.304. The van der Waals surface area contributed by atoms with Gasteiger partial charge in [0.1, 0.15) is 5.75 Å². The number of nitrogens with one attached hydrogen (secondary N) is 1. The molecule has 0 atom stereocenters. The number of anilines is 1. The van der Waals surface area contributed by atoms with Crippen molar-refractivity contribution in [2.45, 2.75) is 11.8 Å². The Morgan fingerprint density at radius 2 is 1.81 bits per heavy atom. The SMILES string of the molecule is Cc1ccc(C(=O)O)cc1S(=O)(=O)Nc1ccccc1O. The first-order valence-corrected chi connectivity index (χ1v) is 7.44. The second-order valence-electron chi connectivity index (χ2n) is 4.41. The van der Waals surface area contributed by atoms with E-state index in [0.717, 1.165) is 6.07 Å². The lowest BCUT2D eigenvalue weighted by molar-refractivity contribution is 0.0696. The lowest BCUT2D eigenvalue weighted by atomic mass is 10.1. The van der Waals surface area contributed by atoms with Crippen LogP contribution in [0.3, 0.4) is 0 Å². The summed E-state index contributed by atoms with van der Waals surface area (Å²) < 4.78 is 26.9. The van der Waals surface area contributed by atoms with Crippen LogP contribution in [0.15, 0.2) is 47.4 Å². The minimum Gasteiger partial charge on any atom is -0.506 e. The Hall–Kier alpha value is -2.54. The third-order valence-corrected chi connectivity index (χ3v) is 4.38. The van der Waals surface area contributed by atoms with E-state index >= 15 is 0 Å². The van der Waals surface area contributed by atoms with Gasteiger partial charge >= 0.3 is 5.97 Å². The van der Waals surface area contributed by atoms with E-state index in [0.29, 0.717) is 5.56 Å². The summed E-state index contributed by atoms with van der Waals surface area (Å²) in [7, 11) is -4.00.